The normalized spacial score (nSPS) is 13.9. The van der Waals surface area contributed by atoms with Gasteiger partial charge in [0, 0.05) is 17.7 Å². The number of Topliss-reactive ketones (excluding diaryl/α,β-unsaturated/α-hetero) is 1. The quantitative estimate of drug-likeness (QED) is 0.259. The standard InChI is InChI=1S/C26H35N5O3/c1-5-6-7-12-33-24-11-10-23-28-30(25(27)31(23)29-24)16-22(32)19-13-20(26(2,3)4)15-21(14-19)34-17-18-8-9-18/h10-11,13-15,18,27H,5-9,12,16-17H2,1-4H3/p+1. The van der Waals surface area contributed by atoms with Crippen LogP contribution in [0.4, 0.5) is 5.95 Å². The molecule has 0 spiro atoms. The highest BCUT2D eigenvalue weighted by atomic mass is 16.5. The predicted molar refractivity (Wildman–Crippen MR) is 130 cm³/mol. The number of carbonyl (C=O) groups is 1. The number of benzene rings is 1. The average molecular weight is 467 g/mol. The fourth-order valence-corrected chi connectivity index (χ4v) is 3.65. The lowest BCUT2D eigenvalue weighted by Crippen LogP contribution is -2.42. The molecule has 0 aliphatic heterocycles. The van der Waals surface area contributed by atoms with Gasteiger partial charge in [0.15, 0.2) is 12.3 Å². The number of ketones is 1. The molecule has 0 radical (unpaired) electrons. The Morgan fingerprint density at radius 1 is 1.18 bits per heavy atom. The van der Waals surface area contributed by atoms with Crippen molar-refractivity contribution in [3.63, 3.8) is 0 Å². The van der Waals surface area contributed by atoms with Crippen LogP contribution < -0.4 is 19.9 Å². The summed E-state index contributed by atoms with van der Waals surface area (Å²) in [5.41, 5.74) is 8.40. The lowest BCUT2D eigenvalue weighted by atomic mass is 9.85. The van der Waals surface area contributed by atoms with Gasteiger partial charge in [0.1, 0.15) is 5.75 Å². The van der Waals surface area contributed by atoms with E-state index in [1.807, 2.05) is 18.2 Å². The zero-order chi connectivity index (χ0) is 24.3. The van der Waals surface area contributed by atoms with E-state index >= 15 is 0 Å². The molecule has 1 aromatic carbocycles. The molecule has 0 amide bonds. The molecule has 2 N–H and O–H groups in total. The first-order valence-electron chi connectivity index (χ1n) is 12.2. The van der Waals surface area contributed by atoms with Crippen LogP contribution >= 0.6 is 0 Å². The van der Waals surface area contributed by atoms with Crippen LogP contribution in [0.5, 0.6) is 11.6 Å². The molecular weight excluding hydrogens is 430 g/mol. The highest BCUT2D eigenvalue weighted by molar-refractivity contribution is 5.95. The van der Waals surface area contributed by atoms with E-state index in [1.165, 1.54) is 22.0 Å². The van der Waals surface area contributed by atoms with Crippen molar-refractivity contribution in [3.8, 4) is 11.6 Å². The Hall–Kier alpha value is -3.16. The number of unbranched alkanes of at least 4 members (excludes halogenated alkanes) is 2. The van der Waals surface area contributed by atoms with Gasteiger partial charge in [0.25, 0.3) is 5.65 Å². The van der Waals surface area contributed by atoms with Gasteiger partial charge in [-0.15, -0.1) is 4.68 Å². The van der Waals surface area contributed by atoms with E-state index in [4.69, 9.17) is 15.2 Å². The number of nitrogen functional groups attached to an aromatic ring is 1. The van der Waals surface area contributed by atoms with Crippen molar-refractivity contribution in [2.24, 2.45) is 5.92 Å². The van der Waals surface area contributed by atoms with Gasteiger partial charge >= 0.3 is 5.95 Å². The largest absolute Gasteiger partial charge is 0.493 e. The summed E-state index contributed by atoms with van der Waals surface area (Å²) in [5.74, 6) is 2.06. The first kappa shape index (κ1) is 24.0. The number of nitrogens with zero attached hydrogens (tertiary/aromatic N) is 4. The van der Waals surface area contributed by atoms with Crippen molar-refractivity contribution in [2.75, 3.05) is 18.9 Å². The summed E-state index contributed by atoms with van der Waals surface area (Å²) >= 11 is 0. The van der Waals surface area contributed by atoms with Crippen molar-refractivity contribution >= 4 is 17.4 Å². The summed E-state index contributed by atoms with van der Waals surface area (Å²) in [4.78, 5) is 13.3. The Morgan fingerprint density at radius 3 is 2.68 bits per heavy atom. The fourth-order valence-electron chi connectivity index (χ4n) is 3.65. The van der Waals surface area contributed by atoms with Crippen LogP contribution in [0.3, 0.4) is 0 Å². The van der Waals surface area contributed by atoms with Crippen LogP contribution in [0.2, 0.25) is 0 Å². The van der Waals surface area contributed by atoms with Gasteiger partial charge in [-0.25, -0.2) is 0 Å². The molecule has 2 heterocycles. The van der Waals surface area contributed by atoms with Crippen molar-refractivity contribution in [1.82, 2.24) is 14.7 Å². The van der Waals surface area contributed by atoms with Crippen molar-refractivity contribution in [2.45, 2.75) is 71.8 Å². The smallest absolute Gasteiger partial charge is 0.401 e. The van der Waals surface area contributed by atoms with Crippen molar-refractivity contribution in [3.05, 3.63) is 41.5 Å². The number of anilines is 1. The van der Waals surface area contributed by atoms with E-state index in [2.05, 4.69) is 37.9 Å². The van der Waals surface area contributed by atoms with E-state index in [1.54, 1.807) is 12.1 Å². The molecule has 2 aromatic heterocycles. The molecule has 1 saturated carbocycles. The molecule has 0 unspecified atom stereocenters. The van der Waals surface area contributed by atoms with Crippen LogP contribution in [0.25, 0.3) is 5.65 Å². The molecule has 1 aliphatic rings. The number of rotatable bonds is 11. The van der Waals surface area contributed by atoms with E-state index in [0.29, 0.717) is 36.2 Å². The van der Waals surface area contributed by atoms with E-state index < -0.39 is 0 Å². The first-order chi connectivity index (χ1) is 16.2. The SMILES string of the molecule is CCCCCOc1ccc2n[n+](CC(=O)c3cc(OCC4CC4)cc(C(C)(C)C)c3)c(N)n2n1. The minimum atomic E-state index is -0.110. The van der Waals surface area contributed by atoms with Gasteiger partial charge in [-0.2, -0.15) is 0 Å². The molecule has 4 rings (SSSR count). The third-order valence-electron chi connectivity index (χ3n) is 6.06. The fraction of sp³-hybridized carbons (Fsp3) is 0.538. The predicted octanol–water partition coefficient (Wildman–Crippen LogP) is 4.14. The first-order valence-corrected chi connectivity index (χ1v) is 12.2. The molecule has 8 nitrogen and oxygen atoms in total. The number of carbonyl (C=O) groups excluding carboxylic acids is 1. The van der Waals surface area contributed by atoms with Gasteiger partial charge in [-0.1, -0.05) is 55.2 Å². The van der Waals surface area contributed by atoms with Crippen LogP contribution in [0.1, 0.15) is 75.7 Å². The molecule has 0 saturated heterocycles. The van der Waals surface area contributed by atoms with Gasteiger partial charge in [-0.05, 0) is 54.4 Å². The maximum absolute atomic E-state index is 13.3. The molecule has 1 aliphatic carbocycles. The third kappa shape index (κ3) is 5.85. The zero-order valence-electron chi connectivity index (χ0n) is 20.7. The lowest BCUT2D eigenvalue weighted by Gasteiger charge is -2.21. The zero-order valence-corrected chi connectivity index (χ0v) is 20.7. The molecule has 1 fully saturated rings. The van der Waals surface area contributed by atoms with Gasteiger partial charge in [0.05, 0.1) is 13.2 Å². The molecule has 3 aromatic rings. The molecule has 0 atom stereocenters. The molecule has 8 heteroatoms. The molecular formula is C26H36N5O3+. The van der Waals surface area contributed by atoms with Crippen molar-refractivity contribution in [1.29, 1.82) is 0 Å². The number of hydrogen-bond donors (Lipinski definition) is 1. The summed E-state index contributed by atoms with van der Waals surface area (Å²) in [7, 11) is 0. The Balaban J connectivity index is 1.53. The number of ether oxygens (including phenoxy) is 2. The Kier molecular flexibility index (Phi) is 7.05. The van der Waals surface area contributed by atoms with Gasteiger partial charge in [-0.3, -0.25) is 10.5 Å². The highest BCUT2D eigenvalue weighted by Crippen LogP contribution is 2.32. The van der Waals surface area contributed by atoms with Gasteiger partial charge in [0.2, 0.25) is 5.88 Å². The van der Waals surface area contributed by atoms with E-state index in [0.717, 1.165) is 30.6 Å². The topological polar surface area (TPSA) is 95.6 Å². The average Bonchev–Trinajstić information content (AvgIpc) is 3.59. The van der Waals surface area contributed by atoms with Crippen LogP contribution in [-0.2, 0) is 12.0 Å². The number of hydrogen-bond acceptors (Lipinski definition) is 6. The summed E-state index contributed by atoms with van der Waals surface area (Å²) in [6.45, 7) is 9.85. The summed E-state index contributed by atoms with van der Waals surface area (Å²) in [6.07, 6.45) is 5.65. The minimum Gasteiger partial charge on any atom is -0.493 e. The maximum atomic E-state index is 13.3. The highest BCUT2D eigenvalue weighted by Gasteiger charge is 2.25. The molecule has 182 valence electrons. The number of fused-ring (bicyclic) bond motifs is 1. The molecule has 0 bridgehead atoms. The summed E-state index contributed by atoms with van der Waals surface area (Å²) < 4.78 is 14.7. The second-order valence-corrected chi connectivity index (χ2v) is 10.2. The number of aromatic nitrogens is 4. The monoisotopic (exact) mass is 466 g/mol. The van der Waals surface area contributed by atoms with Gasteiger partial charge < -0.3 is 9.47 Å². The van der Waals surface area contributed by atoms with E-state index in [-0.39, 0.29) is 23.7 Å². The Bertz CT molecular complexity index is 1160. The maximum Gasteiger partial charge on any atom is 0.401 e. The lowest BCUT2D eigenvalue weighted by molar-refractivity contribution is -0.723. The molecule has 34 heavy (non-hydrogen) atoms. The number of nitrogens with two attached hydrogens (primary N) is 1. The Labute approximate surface area is 201 Å². The second kappa shape index (κ2) is 9.99. The van der Waals surface area contributed by atoms with Crippen LogP contribution in [0.15, 0.2) is 30.3 Å². The van der Waals surface area contributed by atoms with Crippen molar-refractivity contribution < 1.29 is 19.0 Å². The Morgan fingerprint density at radius 2 is 1.97 bits per heavy atom. The minimum absolute atomic E-state index is 0.0115. The van der Waals surface area contributed by atoms with Crippen LogP contribution in [-0.4, -0.2) is 33.7 Å². The summed E-state index contributed by atoms with van der Waals surface area (Å²) in [6, 6.07) is 9.38. The second-order valence-electron chi connectivity index (χ2n) is 10.2. The van der Waals surface area contributed by atoms with Crippen LogP contribution in [0, 0.1) is 5.92 Å². The van der Waals surface area contributed by atoms with E-state index in [9.17, 15) is 4.79 Å². The third-order valence-corrected chi connectivity index (χ3v) is 6.06. The summed E-state index contributed by atoms with van der Waals surface area (Å²) in [5, 5.41) is 8.91.